The molecular formula is C7H7BrN2O2. The van der Waals surface area contributed by atoms with Gasteiger partial charge in [0.2, 0.25) is 0 Å². The van der Waals surface area contributed by atoms with E-state index < -0.39 is 0 Å². The normalized spacial score (nSPS) is 15.8. The fraction of sp³-hybridized carbons (Fsp3) is 0.429. The van der Waals surface area contributed by atoms with Gasteiger partial charge in [-0.05, 0) is 15.9 Å². The van der Waals surface area contributed by atoms with Crippen LogP contribution in [0.4, 0.5) is 0 Å². The number of halogens is 1. The van der Waals surface area contributed by atoms with Crippen molar-refractivity contribution in [3.05, 3.63) is 26.3 Å². The molecule has 0 aliphatic carbocycles. The molecule has 0 aromatic carbocycles. The van der Waals surface area contributed by atoms with Gasteiger partial charge in [0, 0.05) is 12.0 Å². The summed E-state index contributed by atoms with van der Waals surface area (Å²) in [5.41, 5.74) is 1.44. The zero-order chi connectivity index (χ0) is 8.55. The molecule has 0 spiro atoms. The summed E-state index contributed by atoms with van der Waals surface area (Å²) < 4.78 is 5.64. The zero-order valence-electron chi connectivity index (χ0n) is 6.26. The van der Waals surface area contributed by atoms with Crippen LogP contribution in [0.25, 0.3) is 0 Å². The Morgan fingerprint density at radius 2 is 2.42 bits per heavy atom. The van der Waals surface area contributed by atoms with Crippen LogP contribution >= 0.6 is 15.9 Å². The van der Waals surface area contributed by atoms with Gasteiger partial charge in [0.15, 0.2) is 4.73 Å². The first-order valence-corrected chi connectivity index (χ1v) is 4.42. The van der Waals surface area contributed by atoms with E-state index >= 15 is 0 Å². The molecule has 0 saturated carbocycles. The fourth-order valence-electron chi connectivity index (χ4n) is 1.23. The number of H-pyrrole nitrogens is 1. The molecule has 4 nitrogen and oxygen atoms in total. The second kappa shape index (κ2) is 2.99. The maximum Gasteiger partial charge on any atom is 0.255 e. The average Bonchev–Trinajstić information content (AvgIpc) is 2.04. The zero-order valence-corrected chi connectivity index (χ0v) is 7.85. The third-order valence-electron chi connectivity index (χ3n) is 1.81. The van der Waals surface area contributed by atoms with Crippen LogP contribution in [0.3, 0.4) is 0 Å². The van der Waals surface area contributed by atoms with E-state index in [-0.39, 0.29) is 5.56 Å². The van der Waals surface area contributed by atoms with E-state index in [1.807, 2.05) is 0 Å². The maximum absolute atomic E-state index is 11.3. The Balaban J connectivity index is 2.60. The Morgan fingerprint density at radius 1 is 1.58 bits per heavy atom. The number of fused-ring (bicyclic) bond motifs is 1. The predicted octanol–water partition coefficient (Wildman–Crippen LogP) is 0.605. The first-order valence-electron chi connectivity index (χ1n) is 3.62. The fourth-order valence-corrected chi connectivity index (χ4v) is 1.63. The molecule has 1 N–H and O–H groups in total. The summed E-state index contributed by atoms with van der Waals surface area (Å²) in [4.78, 5) is 18.0. The van der Waals surface area contributed by atoms with Crippen LogP contribution in [-0.2, 0) is 17.8 Å². The molecule has 0 fully saturated rings. The SMILES string of the molecule is O=c1[nH]c(Br)nc2c1CCOC2. The Kier molecular flexibility index (Phi) is 1.98. The van der Waals surface area contributed by atoms with Gasteiger partial charge >= 0.3 is 0 Å². The standard InChI is InChI=1S/C7H7BrN2O2/c8-7-9-5-3-12-2-1-4(5)6(11)10-7/h1-3H2,(H,9,10,11). The van der Waals surface area contributed by atoms with E-state index in [9.17, 15) is 4.79 Å². The van der Waals surface area contributed by atoms with E-state index in [0.29, 0.717) is 24.4 Å². The van der Waals surface area contributed by atoms with Crippen molar-refractivity contribution >= 4 is 15.9 Å². The Morgan fingerprint density at radius 3 is 3.25 bits per heavy atom. The second-order valence-corrected chi connectivity index (χ2v) is 3.34. The van der Waals surface area contributed by atoms with Crippen molar-refractivity contribution in [3.63, 3.8) is 0 Å². The van der Waals surface area contributed by atoms with E-state index in [1.54, 1.807) is 0 Å². The molecule has 1 aromatic rings. The van der Waals surface area contributed by atoms with E-state index in [1.165, 1.54) is 0 Å². The minimum absolute atomic E-state index is 0.0600. The van der Waals surface area contributed by atoms with Gasteiger partial charge in [-0.3, -0.25) is 4.79 Å². The van der Waals surface area contributed by atoms with Gasteiger partial charge in [-0.25, -0.2) is 4.98 Å². The number of aromatic amines is 1. The maximum atomic E-state index is 11.3. The number of hydrogen-bond donors (Lipinski definition) is 1. The molecule has 64 valence electrons. The lowest BCUT2D eigenvalue weighted by molar-refractivity contribution is 0.106. The highest BCUT2D eigenvalue weighted by molar-refractivity contribution is 9.10. The number of nitrogens with zero attached hydrogens (tertiary/aromatic N) is 1. The molecule has 0 radical (unpaired) electrons. The van der Waals surface area contributed by atoms with Gasteiger partial charge < -0.3 is 9.72 Å². The number of rotatable bonds is 0. The summed E-state index contributed by atoms with van der Waals surface area (Å²) in [6.07, 6.45) is 0.658. The molecule has 0 atom stereocenters. The van der Waals surface area contributed by atoms with Crippen LogP contribution in [0.1, 0.15) is 11.3 Å². The number of aromatic nitrogens is 2. The highest BCUT2D eigenvalue weighted by atomic mass is 79.9. The molecule has 1 aromatic heterocycles. The Hall–Kier alpha value is -0.680. The second-order valence-electron chi connectivity index (χ2n) is 2.58. The third kappa shape index (κ3) is 1.30. The first-order chi connectivity index (χ1) is 5.77. The monoisotopic (exact) mass is 230 g/mol. The minimum Gasteiger partial charge on any atom is -0.375 e. The molecular weight excluding hydrogens is 224 g/mol. The Labute approximate surface area is 77.1 Å². The molecule has 1 aliphatic rings. The van der Waals surface area contributed by atoms with Gasteiger partial charge in [-0.15, -0.1) is 0 Å². The molecule has 12 heavy (non-hydrogen) atoms. The highest BCUT2D eigenvalue weighted by Crippen LogP contribution is 2.11. The van der Waals surface area contributed by atoms with Crippen LogP contribution in [0.2, 0.25) is 0 Å². The lowest BCUT2D eigenvalue weighted by Gasteiger charge is -2.13. The molecule has 2 rings (SSSR count). The quantitative estimate of drug-likeness (QED) is 0.665. The van der Waals surface area contributed by atoms with Gasteiger partial charge in [0.05, 0.1) is 18.9 Å². The van der Waals surface area contributed by atoms with Crippen molar-refractivity contribution in [1.29, 1.82) is 0 Å². The van der Waals surface area contributed by atoms with Crippen LogP contribution in [0, 0.1) is 0 Å². The largest absolute Gasteiger partial charge is 0.375 e. The van der Waals surface area contributed by atoms with Crippen molar-refractivity contribution in [1.82, 2.24) is 9.97 Å². The van der Waals surface area contributed by atoms with Gasteiger partial charge in [-0.2, -0.15) is 0 Å². The summed E-state index contributed by atoms with van der Waals surface area (Å²) >= 11 is 3.12. The molecule has 1 aliphatic heterocycles. The molecule has 2 heterocycles. The summed E-state index contributed by atoms with van der Waals surface area (Å²) in [5.74, 6) is 0. The van der Waals surface area contributed by atoms with Crippen molar-refractivity contribution in [2.45, 2.75) is 13.0 Å². The number of ether oxygens (including phenoxy) is 1. The van der Waals surface area contributed by atoms with Gasteiger partial charge in [0.25, 0.3) is 5.56 Å². The van der Waals surface area contributed by atoms with E-state index in [4.69, 9.17) is 4.74 Å². The lowest BCUT2D eigenvalue weighted by Crippen LogP contribution is -2.23. The lowest BCUT2D eigenvalue weighted by atomic mass is 10.1. The van der Waals surface area contributed by atoms with Crippen LogP contribution in [0.5, 0.6) is 0 Å². The predicted molar refractivity (Wildman–Crippen MR) is 45.9 cm³/mol. The van der Waals surface area contributed by atoms with Crippen molar-refractivity contribution < 1.29 is 4.74 Å². The molecule has 5 heteroatoms. The van der Waals surface area contributed by atoms with Crippen LogP contribution in [-0.4, -0.2) is 16.6 Å². The first kappa shape index (κ1) is 7.94. The molecule has 0 bridgehead atoms. The minimum atomic E-state index is -0.0600. The van der Waals surface area contributed by atoms with Crippen molar-refractivity contribution in [2.24, 2.45) is 0 Å². The molecule has 0 unspecified atom stereocenters. The topological polar surface area (TPSA) is 55.0 Å². The summed E-state index contributed by atoms with van der Waals surface area (Å²) in [6, 6.07) is 0. The van der Waals surface area contributed by atoms with Gasteiger partial charge in [-0.1, -0.05) is 0 Å². The van der Waals surface area contributed by atoms with Gasteiger partial charge in [0.1, 0.15) is 0 Å². The van der Waals surface area contributed by atoms with Crippen LogP contribution in [0.15, 0.2) is 9.53 Å². The summed E-state index contributed by atoms with van der Waals surface area (Å²) in [7, 11) is 0. The molecule has 0 amide bonds. The van der Waals surface area contributed by atoms with E-state index in [2.05, 4.69) is 25.9 Å². The third-order valence-corrected chi connectivity index (χ3v) is 2.18. The van der Waals surface area contributed by atoms with Crippen LogP contribution < -0.4 is 5.56 Å². The highest BCUT2D eigenvalue weighted by Gasteiger charge is 2.14. The van der Waals surface area contributed by atoms with Crippen molar-refractivity contribution in [3.8, 4) is 0 Å². The summed E-state index contributed by atoms with van der Waals surface area (Å²) in [5, 5.41) is 0. The molecule has 0 saturated heterocycles. The smallest absolute Gasteiger partial charge is 0.255 e. The summed E-state index contributed by atoms with van der Waals surface area (Å²) in [6.45, 7) is 1.05. The Bertz CT molecular complexity index is 361. The average molecular weight is 231 g/mol. The number of nitrogens with one attached hydrogen (secondary N) is 1. The van der Waals surface area contributed by atoms with Crippen molar-refractivity contribution in [2.75, 3.05) is 6.61 Å². The number of hydrogen-bond acceptors (Lipinski definition) is 3. The van der Waals surface area contributed by atoms with E-state index in [0.717, 1.165) is 11.3 Å².